The molecule has 0 aliphatic rings. The summed E-state index contributed by atoms with van der Waals surface area (Å²) in [7, 11) is 0. The number of carbonyl (C=O) groups is 3. The van der Waals surface area contributed by atoms with E-state index in [1.54, 1.807) is 17.5 Å². The van der Waals surface area contributed by atoms with E-state index in [0.717, 1.165) is 0 Å². The molecule has 14 heavy (non-hydrogen) atoms. The summed E-state index contributed by atoms with van der Waals surface area (Å²) >= 11 is 1.21. The number of rotatable bonds is 1. The van der Waals surface area contributed by atoms with Gasteiger partial charge < -0.3 is 5.73 Å². The van der Waals surface area contributed by atoms with Crippen LogP contribution in [0.25, 0.3) is 0 Å². The standard InChI is InChI=1S/C7H7N3O3S/c8-5(11)7(13)10-9-6(12)4-2-1-3-14-4/h1-3H,(H2,8,11)(H,9,12)(H,10,13). The molecule has 0 unspecified atom stereocenters. The van der Waals surface area contributed by atoms with E-state index >= 15 is 0 Å². The van der Waals surface area contributed by atoms with Gasteiger partial charge in [-0.05, 0) is 11.4 Å². The molecule has 0 atom stereocenters. The number of hydrogen-bond donors (Lipinski definition) is 3. The third kappa shape index (κ3) is 2.56. The highest BCUT2D eigenvalue weighted by Crippen LogP contribution is 2.06. The average Bonchev–Trinajstić information content (AvgIpc) is 2.66. The zero-order valence-electron chi connectivity index (χ0n) is 6.94. The van der Waals surface area contributed by atoms with E-state index < -0.39 is 17.7 Å². The van der Waals surface area contributed by atoms with Crippen LogP contribution in [0.2, 0.25) is 0 Å². The highest BCUT2D eigenvalue weighted by Gasteiger charge is 2.10. The number of primary amides is 1. The second kappa shape index (κ2) is 4.38. The average molecular weight is 213 g/mol. The van der Waals surface area contributed by atoms with Gasteiger partial charge in [-0.3, -0.25) is 25.2 Å². The topological polar surface area (TPSA) is 101 Å². The van der Waals surface area contributed by atoms with Crippen LogP contribution in [0.4, 0.5) is 0 Å². The smallest absolute Gasteiger partial charge is 0.327 e. The molecule has 1 rings (SSSR count). The van der Waals surface area contributed by atoms with Gasteiger partial charge in [0.2, 0.25) is 0 Å². The van der Waals surface area contributed by atoms with Crippen LogP contribution in [0.5, 0.6) is 0 Å². The molecule has 0 aromatic carbocycles. The van der Waals surface area contributed by atoms with Gasteiger partial charge in [0.05, 0.1) is 4.88 Å². The van der Waals surface area contributed by atoms with Crippen molar-refractivity contribution in [3.05, 3.63) is 22.4 Å². The van der Waals surface area contributed by atoms with E-state index in [1.807, 2.05) is 10.9 Å². The van der Waals surface area contributed by atoms with Gasteiger partial charge in [0.15, 0.2) is 0 Å². The van der Waals surface area contributed by atoms with Crippen LogP contribution in [0.15, 0.2) is 17.5 Å². The van der Waals surface area contributed by atoms with Crippen molar-refractivity contribution in [2.24, 2.45) is 5.73 Å². The van der Waals surface area contributed by atoms with Crippen LogP contribution in [-0.2, 0) is 9.59 Å². The Morgan fingerprint density at radius 2 is 2.00 bits per heavy atom. The highest BCUT2D eigenvalue weighted by atomic mass is 32.1. The summed E-state index contributed by atoms with van der Waals surface area (Å²) in [6, 6.07) is 3.27. The molecular formula is C7H7N3O3S. The molecule has 7 heteroatoms. The minimum absolute atomic E-state index is 0.426. The molecule has 0 spiro atoms. The van der Waals surface area contributed by atoms with E-state index in [9.17, 15) is 14.4 Å². The molecule has 0 bridgehead atoms. The first kappa shape index (κ1) is 10.2. The fourth-order valence-electron chi connectivity index (χ4n) is 0.644. The van der Waals surface area contributed by atoms with Crippen LogP contribution in [0, 0.1) is 0 Å². The summed E-state index contributed by atoms with van der Waals surface area (Å²) in [4.78, 5) is 32.5. The lowest BCUT2D eigenvalue weighted by Crippen LogP contribution is -2.46. The third-order valence-electron chi connectivity index (χ3n) is 1.26. The summed E-state index contributed by atoms with van der Waals surface area (Å²) in [5.74, 6) is -2.71. The Hall–Kier alpha value is -1.89. The number of nitrogens with one attached hydrogen (secondary N) is 2. The SMILES string of the molecule is NC(=O)C(=O)NNC(=O)c1cccs1. The normalized spacial score (nSPS) is 9.14. The zero-order chi connectivity index (χ0) is 10.6. The first-order chi connectivity index (χ1) is 6.61. The van der Waals surface area contributed by atoms with E-state index in [4.69, 9.17) is 0 Å². The van der Waals surface area contributed by atoms with Gasteiger partial charge in [0, 0.05) is 0 Å². The van der Waals surface area contributed by atoms with Gasteiger partial charge in [-0.25, -0.2) is 0 Å². The van der Waals surface area contributed by atoms with Gasteiger partial charge in [-0.15, -0.1) is 11.3 Å². The predicted octanol–water partition coefficient (Wildman–Crippen LogP) is -1.01. The zero-order valence-corrected chi connectivity index (χ0v) is 7.76. The number of nitrogens with two attached hydrogens (primary N) is 1. The molecule has 0 radical (unpaired) electrons. The Morgan fingerprint density at radius 1 is 1.29 bits per heavy atom. The Balaban J connectivity index is 2.44. The maximum Gasteiger partial charge on any atom is 0.327 e. The molecule has 0 saturated carbocycles. The van der Waals surface area contributed by atoms with Gasteiger partial charge in [-0.2, -0.15) is 0 Å². The summed E-state index contributed by atoms with van der Waals surface area (Å²) in [5, 5.41) is 1.71. The summed E-state index contributed by atoms with van der Waals surface area (Å²) in [6.45, 7) is 0. The van der Waals surface area contributed by atoms with Crippen LogP contribution >= 0.6 is 11.3 Å². The summed E-state index contributed by atoms with van der Waals surface area (Å²) in [6.07, 6.45) is 0. The van der Waals surface area contributed by atoms with Crippen LogP contribution < -0.4 is 16.6 Å². The van der Waals surface area contributed by atoms with Crippen LogP contribution in [0.3, 0.4) is 0 Å². The molecule has 0 aliphatic carbocycles. The van der Waals surface area contributed by atoms with Crippen molar-refractivity contribution >= 4 is 29.1 Å². The molecule has 1 aromatic rings. The minimum Gasteiger partial charge on any atom is -0.361 e. The maximum atomic E-state index is 11.2. The summed E-state index contributed by atoms with van der Waals surface area (Å²) in [5.41, 5.74) is 8.54. The molecule has 6 nitrogen and oxygen atoms in total. The first-order valence-electron chi connectivity index (χ1n) is 3.55. The van der Waals surface area contributed by atoms with Crippen molar-refractivity contribution in [1.82, 2.24) is 10.9 Å². The number of amides is 3. The predicted molar refractivity (Wildman–Crippen MR) is 49.1 cm³/mol. The third-order valence-corrected chi connectivity index (χ3v) is 2.13. The number of carbonyl (C=O) groups excluding carboxylic acids is 3. The maximum absolute atomic E-state index is 11.2. The second-order valence-electron chi connectivity index (χ2n) is 2.25. The van der Waals surface area contributed by atoms with Crippen molar-refractivity contribution < 1.29 is 14.4 Å². The minimum atomic E-state index is -1.16. The van der Waals surface area contributed by atoms with Gasteiger partial charge >= 0.3 is 11.8 Å². The van der Waals surface area contributed by atoms with E-state index in [0.29, 0.717) is 4.88 Å². The van der Waals surface area contributed by atoms with Crippen LogP contribution in [-0.4, -0.2) is 17.7 Å². The van der Waals surface area contributed by atoms with Crippen LogP contribution in [0.1, 0.15) is 9.67 Å². The van der Waals surface area contributed by atoms with Crippen molar-refractivity contribution in [2.45, 2.75) is 0 Å². The van der Waals surface area contributed by atoms with Crippen molar-refractivity contribution in [1.29, 1.82) is 0 Å². The first-order valence-corrected chi connectivity index (χ1v) is 4.43. The quantitative estimate of drug-likeness (QED) is 0.411. The fourth-order valence-corrected chi connectivity index (χ4v) is 1.26. The lowest BCUT2D eigenvalue weighted by atomic mass is 10.4. The molecule has 1 heterocycles. The molecule has 0 aliphatic heterocycles. The van der Waals surface area contributed by atoms with E-state index in [2.05, 4.69) is 5.73 Å². The highest BCUT2D eigenvalue weighted by molar-refractivity contribution is 7.12. The lowest BCUT2D eigenvalue weighted by molar-refractivity contribution is -0.137. The summed E-state index contributed by atoms with van der Waals surface area (Å²) < 4.78 is 0. The monoisotopic (exact) mass is 213 g/mol. The molecule has 0 saturated heterocycles. The van der Waals surface area contributed by atoms with Crippen molar-refractivity contribution in [3.8, 4) is 0 Å². The molecule has 1 aromatic heterocycles. The van der Waals surface area contributed by atoms with Gasteiger partial charge in [0.1, 0.15) is 0 Å². The molecule has 4 N–H and O–H groups in total. The fraction of sp³-hybridized carbons (Fsp3) is 0. The Morgan fingerprint density at radius 3 is 2.50 bits per heavy atom. The molecule has 74 valence electrons. The van der Waals surface area contributed by atoms with E-state index in [-0.39, 0.29) is 0 Å². The Labute approximate surface area is 83.1 Å². The van der Waals surface area contributed by atoms with Crippen molar-refractivity contribution in [3.63, 3.8) is 0 Å². The lowest BCUT2D eigenvalue weighted by Gasteiger charge is -2.02. The molecular weight excluding hydrogens is 206 g/mol. The Kier molecular flexibility index (Phi) is 3.19. The van der Waals surface area contributed by atoms with Crippen molar-refractivity contribution in [2.75, 3.05) is 0 Å². The number of hydrogen-bond acceptors (Lipinski definition) is 4. The van der Waals surface area contributed by atoms with Gasteiger partial charge in [-0.1, -0.05) is 6.07 Å². The van der Waals surface area contributed by atoms with Gasteiger partial charge in [0.25, 0.3) is 5.91 Å². The number of thiophene rings is 1. The Bertz CT molecular complexity index is 360. The van der Waals surface area contributed by atoms with E-state index in [1.165, 1.54) is 11.3 Å². The second-order valence-corrected chi connectivity index (χ2v) is 3.20. The number of hydrazine groups is 1. The molecule has 3 amide bonds. The largest absolute Gasteiger partial charge is 0.361 e. The molecule has 0 fully saturated rings.